The Morgan fingerprint density at radius 3 is 0.479 bits per heavy atom. The molecule has 6 nitrogen and oxygen atoms in total. The molecule has 0 spiro atoms. The molecule has 0 radical (unpaired) electrons. The molecule has 142 heavy (non-hydrogen) atoms. The molecule has 6 heterocycles. The standard InChI is InChI=1S/C48H32N2.C42H28N2.C36H24N2.C10H2/c1-3-13-33(14-4-1)35-17-11-19-39(29-35)49-45-23-9-7-21-41(45)43-31-37(25-27-47(43)49)38-26-28-48-44(32-38)42-22-8-10-24-46(42)50(48)40-20-12-18-36(30-40)34-15-5-2-6-16-34;1-3-12-29(13-4-1)30-14-11-17-34(26-30)44-40-21-10-8-19-36(40)38-28-32(23-25-42(38)44)31-22-24-41-37(27-31)35-18-7-9-20-39(35)43(41)33-15-5-2-6-16-33;1-3-11-27(12-4-1)37-33-17-9-7-15-29(33)31-23-25(19-21-35(31)37)26-20-22-36-32(24-26)30-16-8-10-18-34(30)38(36)28-13-5-2-6-14-28;1-3-5-7-9-10-8-6-4-2/h1-32H;1-28H;1-24H;1-2H. The zero-order valence-electron chi connectivity index (χ0n) is 77.3. The van der Waals surface area contributed by atoms with E-state index in [0.717, 1.165) is 11.4 Å². The molecule has 0 saturated heterocycles. The van der Waals surface area contributed by atoms with Crippen LogP contribution in [0.2, 0.25) is 0 Å². The first-order chi connectivity index (χ1) is 70.4. The lowest BCUT2D eigenvalue weighted by atomic mass is 10.0. The van der Waals surface area contributed by atoms with Crippen LogP contribution in [0.5, 0.6) is 0 Å². The second kappa shape index (κ2) is 37.5. The van der Waals surface area contributed by atoms with Crippen molar-refractivity contribution in [2.75, 3.05) is 0 Å². The molecule has 0 N–H and O–H groups in total. The Kier molecular flexibility index (Phi) is 22.5. The lowest BCUT2D eigenvalue weighted by Crippen LogP contribution is -1.94. The summed E-state index contributed by atoms with van der Waals surface area (Å²) in [6.07, 6.45) is 9.62. The van der Waals surface area contributed by atoms with E-state index in [-0.39, 0.29) is 0 Å². The van der Waals surface area contributed by atoms with Crippen LogP contribution in [0.1, 0.15) is 0 Å². The number of hydrogen-bond acceptors (Lipinski definition) is 0. The van der Waals surface area contributed by atoms with Gasteiger partial charge >= 0.3 is 0 Å². The first kappa shape index (κ1) is 85.2. The number of nitrogens with zero attached hydrogens (tertiary/aromatic N) is 6. The summed E-state index contributed by atoms with van der Waals surface area (Å²) in [7, 11) is 0. The number of aromatic nitrogens is 6. The van der Waals surface area contributed by atoms with Gasteiger partial charge in [-0.1, -0.05) is 328 Å². The third kappa shape index (κ3) is 15.8. The molecule has 0 saturated carbocycles. The molecule has 0 aliphatic heterocycles. The second-order valence-electron chi connectivity index (χ2n) is 35.3. The Labute approximate surface area is 823 Å². The lowest BCUT2D eigenvalue weighted by molar-refractivity contribution is 1.18. The van der Waals surface area contributed by atoms with Crippen LogP contribution in [-0.2, 0) is 0 Å². The minimum Gasteiger partial charge on any atom is -0.309 e. The summed E-state index contributed by atoms with van der Waals surface area (Å²) in [5.41, 5.74) is 36.3. The molecule has 0 aliphatic rings. The van der Waals surface area contributed by atoms with Gasteiger partial charge in [-0.3, -0.25) is 0 Å². The van der Waals surface area contributed by atoms with Gasteiger partial charge in [-0.15, -0.1) is 12.8 Å². The molecule has 6 heteroatoms. The maximum atomic E-state index is 4.81. The lowest BCUT2D eigenvalue weighted by Gasteiger charge is -2.11. The molecule has 0 atom stereocenters. The van der Waals surface area contributed by atoms with Gasteiger partial charge in [-0.25, -0.2) is 0 Å². The second-order valence-corrected chi connectivity index (χ2v) is 35.3. The van der Waals surface area contributed by atoms with E-state index in [9.17, 15) is 0 Å². The Balaban J connectivity index is 0.000000110. The highest BCUT2D eigenvalue weighted by Crippen LogP contribution is 2.45. The predicted octanol–water partition coefficient (Wildman–Crippen LogP) is 33.9. The zero-order chi connectivity index (χ0) is 94.8. The summed E-state index contributed by atoms with van der Waals surface area (Å²) in [6.45, 7) is 0. The highest BCUT2D eigenvalue weighted by atomic mass is 15.0. The highest BCUT2D eigenvalue weighted by molar-refractivity contribution is 6.17. The van der Waals surface area contributed by atoms with E-state index in [1.165, 1.54) is 220 Å². The van der Waals surface area contributed by atoms with E-state index in [1.54, 1.807) is 0 Å². The average Bonchev–Trinajstić information content (AvgIpc) is 1.59. The minimum atomic E-state index is 1.16. The molecule has 0 aliphatic carbocycles. The van der Waals surface area contributed by atoms with Crippen LogP contribution in [0.4, 0.5) is 0 Å². The van der Waals surface area contributed by atoms with E-state index in [4.69, 9.17) is 12.8 Å². The van der Waals surface area contributed by atoms with Crippen LogP contribution in [0.3, 0.4) is 0 Å². The van der Waals surface area contributed by atoms with Crippen LogP contribution < -0.4 is 0 Å². The average molecular weight is 1800 g/mol. The van der Waals surface area contributed by atoms with Crippen molar-refractivity contribution in [2.45, 2.75) is 0 Å². The summed E-state index contributed by atoms with van der Waals surface area (Å²) in [5, 5.41) is 15.2. The molecule has 0 unspecified atom stereocenters. The first-order valence-electron chi connectivity index (χ1n) is 47.7. The van der Waals surface area contributed by atoms with Crippen LogP contribution in [0.25, 0.3) is 232 Å². The van der Waals surface area contributed by atoms with Crippen molar-refractivity contribution in [3.63, 3.8) is 0 Å². The van der Waals surface area contributed by atoms with E-state index in [2.05, 4.69) is 584 Å². The molecular formula is C136H86N6. The molecule has 27 aromatic rings. The molecule has 27 rings (SSSR count). The predicted molar refractivity (Wildman–Crippen MR) is 599 cm³/mol. The van der Waals surface area contributed by atoms with Crippen molar-refractivity contribution in [2.24, 2.45) is 0 Å². The third-order valence-electron chi connectivity index (χ3n) is 27.2. The number of para-hydroxylation sites is 9. The van der Waals surface area contributed by atoms with Crippen molar-refractivity contribution < 1.29 is 0 Å². The molecule has 660 valence electrons. The normalized spacial score (nSPS) is 11.1. The number of rotatable bonds is 12. The molecule has 0 fully saturated rings. The number of hydrogen-bond donors (Lipinski definition) is 0. The Bertz CT molecular complexity index is 9500. The van der Waals surface area contributed by atoms with E-state index in [0.29, 0.717) is 0 Å². The number of terminal acetylenes is 2. The van der Waals surface area contributed by atoms with Gasteiger partial charge < -0.3 is 27.4 Å². The molecule has 21 aromatic carbocycles. The fourth-order valence-electron chi connectivity index (χ4n) is 20.9. The Hall–Kier alpha value is -19.8. The van der Waals surface area contributed by atoms with E-state index in [1.807, 2.05) is 0 Å². The van der Waals surface area contributed by atoms with Crippen LogP contribution in [-0.4, -0.2) is 27.4 Å². The number of fused-ring (bicyclic) bond motifs is 18. The molecule has 0 bridgehead atoms. The van der Waals surface area contributed by atoms with Crippen molar-refractivity contribution in [1.29, 1.82) is 0 Å². The van der Waals surface area contributed by atoms with Crippen molar-refractivity contribution >= 4 is 131 Å². The van der Waals surface area contributed by atoms with Gasteiger partial charge in [-0.05, 0) is 296 Å². The first-order valence-corrected chi connectivity index (χ1v) is 47.7. The van der Waals surface area contributed by atoms with Gasteiger partial charge in [0.25, 0.3) is 0 Å². The smallest absolute Gasteiger partial charge is 0.0541 e. The minimum absolute atomic E-state index is 1.16. The third-order valence-corrected chi connectivity index (χ3v) is 27.2. The van der Waals surface area contributed by atoms with Crippen molar-refractivity contribution in [1.82, 2.24) is 27.4 Å². The van der Waals surface area contributed by atoms with Crippen molar-refractivity contribution in [3.05, 3.63) is 510 Å². The molecule has 6 aromatic heterocycles. The summed E-state index contributed by atoms with van der Waals surface area (Å²) in [5.74, 6) is 18.4. The summed E-state index contributed by atoms with van der Waals surface area (Å²) in [6, 6.07) is 184. The van der Waals surface area contributed by atoms with Crippen LogP contribution in [0, 0.1) is 60.2 Å². The summed E-state index contributed by atoms with van der Waals surface area (Å²) >= 11 is 0. The summed E-state index contributed by atoms with van der Waals surface area (Å²) < 4.78 is 14.3. The van der Waals surface area contributed by atoms with Crippen LogP contribution in [0.15, 0.2) is 510 Å². The Morgan fingerprint density at radius 2 is 0.268 bits per heavy atom. The Morgan fingerprint density at radius 1 is 0.113 bits per heavy atom. The van der Waals surface area contributed by atoms with Gasteiger partial charge in [-0.2, -0.15) is 0 Å². The van der Waals surface area contributed by atoms with Gasteiger partial charge in [0.1, 0.15) is 0 Å². The molecule has 0 amide bonds. The van der Waals surface area contributed by atoms with Gasteiger partial charge in [0, 0.05) is 98.8 Å². The topological polar surface area (TPSA) is 29.6 Å². The quantitative estimate of drug-likeness (QED) is 0.109. The largest absolute Gasteiger partial charge is 0.309 e. The monoisotopic (exact) mass is 1800 g/mol. The number of benzene rings is 21. The zero-order valence-corrected chi connectivity index (χ0v) is 77.3. The fraction of sp³-hybridized carbons (Fsp3) is 0. The van der Waals surface area contributed by atoms with Gasteiger partial charge in [0.2, 0.25) is 0 Å². The fourth-order valence-corrected chi connectivity index (χ4v) is 20.9. The highest BCUT2D eigenvalue weighted by Gasteiger charge is 2.23. The van der Waals surface area contributed by atoms with Crippen molar-refractivity contribution in [3.8, 4) is 161 Å². The van der Waals surface area contributed by atoms with Crippen LogP contribution >= 0.6 is 0 Å². The van der Waals surface area contributed by atoms with E-state index >= 15 is 0 Å². The van der Waals surface area contributed by atoms with E-state index < -0.39 is 0 Å². The van der Waals surface area contributed by atoms with Gasteiger partial charge in [0.05, 0.1) is 66.2 Å². The maximum absolute atomic E-state index is 4.81. The summed E-state index contributed by atoms with van der Waals surface area (Å²) in [4.78, 5) is 0. The molecular weight excluding hydrogens is 1720 g/mol. The SMILES string of the molecule is C#CC#CC#CC#CC#C.c1ccc(-c2cccc(-n3c4ccccc4c4cc(-c5ccc6c(c5)c5ccccc5n6-c5cccc(-c6ccccc6)c5)ccc43)c2)cc1.c1ccc(-c2cccc(-n3c4ccccc4c4cc(-c5ccc6c(c5)c5ccccc5n6-c5ccccc5)ccc43)c2)cc1.c1ccc(-n2c3ccccc3c3cc(-c4ccc5c(c4)c4ccccc4n5-c4ccccc4)ccc32)cc1. The maximum Gasteiger partial charge on any atom is 0.0541 e. The van der Waals surface area contributed by atoms with Gasteiger partial charge in [0.15, 0.2) is 0 Å².